The van der Waals surface area contributed by atoms with E-state index in [-0.39, 0.29) is 0 Å². The molecule has 2 nitrogen and oxygen atoms in total. The maximum absolute atomic E-state index is 12.7. The van der Waals surface area contributed by atoms with Gasteiger partial charge in [0.2, 0.25) is 5.83 Å². The molecule has 0 heterocycles. The fourth-order valence-corrected chi connectivity index (χ4v) is 0.733. The van der Waals surface area contributed by atoms with Crippen LogP contribution in [0.3, 0.4) is 0 Å². The summed E-state index contributed by atoms with van der Waals surface area (Å²) in [5.74, 6) is -24.5. The predicted molar refractivity (Wildman–Crippen MR) is 42.1 cm³/mol. The van der Waals surface area contributed by atoms with Crippen molar-refractivity contribution < 1.29 is 53.4 Å². The van der Waals surface area contributed by atoms with Gasteiger partial charge >= 0.3 is 29.9 Å². The number of halogens is 10. The Morgan fingerprint density at radius 3 is 1.60 bits per heavy atom. The van der Waals surface area contributed by atoms with E-state index in [0.29, 0.717) is 0 Å². The van der Waals surface area contributed by atoms with Crippen molar-refractivity contribution >= 4 is 5.97 Å². The van der Waals surface area contributed by atoms with Crippen molar-refractivity contribution in [1.29, 1.82) is 0 Å². The fourth-order valence-electron chi connectivity index (χ4n) is 0.733. The lowest BCUT2D eigenvalue weighted by molar-refractivity contribution is -0.398. The lowest BCUT2D eigenvalue weighted by Crippen LogP contribution is -2.62. The number of esters is 1. The molecular formula is C8H4F10O2. The molecule has 0 spiro atoms. The van der Waals surface area contributed by atoms with Crippen molar-refractivity contribution in [2.75, 3.05) is 6.61 Å². The molecular weight excluding hydrogens is 318 g/mol. The van der Waals surface area contributed by atoms with Crippen LogP contribution in [0.25, 0.3) is 0 Å². The van der Waals surface area contributed by atoms with Crippen LogP contribution in [0.5, 0.6) is 0 Å². The number of alkyl halides is 9. The van der Waals surface area contributed by atoms with Crippen LogP contribution in [0.4, 0.5) is 43.9 Å². The second kappa shape index (κ2) is 5.13. The van der Waals surface area contributed by atoms with E-state index in [1.54, 1.807) is 0 Å². The van der Waals surface area contributed by atoms with Gasteiger partial charge in [0, 0.05) is 0 Å². The molecule has 118 valence electrons. The largest absolute Gasteiger partial charge is 0.460 e. The molecule has 0 aromatic rings. The van der Waals surface area contributed by atoms with Crippen LogP contribution in [-0.2, 0) is 9.53 Å². The Morgan fingerprint density at radius 1 is 0.900 bits per heavy atom. The maximum atomic E-state index is 12.7. The van der Waals surface area contributed by atoms with Gasteiger partial charge in [0.1, 0.15) is 0 Å². The molecule has 0 atom stereocenters. The third-order valence-corrected chi connectivity index (χ3v) is 1.82. The van der Waals surface area contributed by atoms with Crippen LogP contribution in [0.2, 0.25) is 0 Å². The van der Waals surface area contributed by atoms with E-state index in [0.717, 1.165) is 0 Å². The van der Waals surface area contributed by atoms with Crippen molar-refractivity contribution in [3.63, 3.8) is 0 Å². The quantitative estimate of drug-likeness (QED) is 0.440. The first-order chi connectivity index (χ1) is 8.58. The highest BCUT2D eigenvalue weighted by atomic mass is 19.4. The fraction of sp³-hybridized carbons (Fsp3) is 0.625. The molecule has 12 heteroatoms. The summed E-state index contributed by atoms with van der Waals surface area (Å²) in [5.41, 5.74) is 0. The number of hydrogen-bond acceptors (Lipinski definition) is 2. The lowest BCUT2D eigenvalue weighted by atomic mass is 10.0. The summed E-state index contributed by atoms with van der Waals surface area (Å²) in [7, 11) is 0. The second-order valence-corrected chi connectivity index (χ2v) is 3.33. The molecule has 0 radical (unpaired) electrons. The second-order valence-electron chi connectivity index (χ2n) is 3.33. The van der Waals surface area contributed by atoms with Gasteiger partial charge in [-0.1, -0.05) is 6.58 Å². The van der Waals surface area contributed by atoms with Crippen LogP contribution < -0.4 is 0 Å². The standard InChI is InChI=1S/C8H4F10O2/c1-3(9)4(19)20-2-5(10,11)6(12,13)7(14,15)8(16,17)18/h1-2H2. The third kappa shape index (κ3) is 3.15. The minimum Gasteiger partial charge on any atom is -0.454 e. The third-order valence-electron chi connectivity index (χ3n) is 1.82. The van der Waals surface area contributed by atoms with Crippen molar-refractivity contribution in [3.8, 4) is 0 Å². The SMILES string of the molecule is C=C(F)C(=O)OCC(F)(F)C(F)(F)C(F)(F)C(F)(F)F. The molecule has 0 aliphatic carbocycles. The van der Waals surface area contributed by atoms with E-state index < -0.39 is 42.3 Å². The minimum absolute atomic E-state index is 2.04. The number of rotatable bonds is 5. The van der Waals surface area contributed by atoms with E-state index >= 15 is 0 Å². The number of carbonyl (C=O) groups is 1. The molecule has 0 unspecified atom stereocenters. The Hall–Kier alpha value is -1.49. The van der Waals surface area contributed by atoms with E-state index in [2.05, 4.69) is 11.3 Å². The molecule has 0 rings (SSSR count). The molecule has 0 saturated heterocycles. The van der Waals surface area contributed by atoms with Crippen LogP contribution >= 0.6 is 0 Å². The van der Waals surface area contributed by atoms with Crippen molar-refractivity contribution in [1.82, 2.24) is 0 Å². The van der Waals surface area contributed by atoms with Gasteiger partial charge in [0.25, 0.3) is 0 Å². The molecule has 0 N–H and O–H groups in total. The molecule has 0 aromatic heterocycles. The van der Waals surface area contributed by atoms with Crippen molar-refractivity contribution in [3.05, 3.63) is 12.4 Å². The zero-order chi connectivity index (χ0) is 16.6. The summed E-state index contributed by atoms with van der Waals surface area (Å²) in [6, 6.07) is 0. The first-order valence-electron chi connectivity index (χ1n) is 4.29. The molecule has 0 bridgehead atoms. The van der Waals surface area contributed by atoms with Crippen LogP contribution in [0.15, 0.2) is 12.4 Å². The van der Waals surface area contributed by atoms with Crippen LogP contribution in [0, 0.1) is 0 Å². The summed E-state index contributed by atoms with van der Waals surface area (Å²) in [6.07, 6.45) is -6.98. The number of hydrogen-bond donors (Lipinski definition) is 0. The maximum Gasteiger partial charge on any atom is 0.460 e. The van der Waals surface area contributed by atoms with Gasteiger partial charge in [-0.2, -0.15) is 43.9 Å². The van der Waals surface area contributed by atoms with Crippen molar-refractivity contribution in [2.24, 2.45) is 0 Å². The Balaban J connectivity index is 5.27. The summed E-state index contributed by atoms with van der Waals surface area (Å²) in [4.78, 5) is 10.3. The number of ether oxygens (including phenoxy) is 1. The lowest BCUT2D eigenvalue weighted by Gasteiger charge is -2.33. The zero-order valence-corrected chi connectivity index (χ0v) is 9.01. The Kier molecular flexibility index (Phi) is 4.75. The normalized spacial score (nSPS) is 14.1. The molecule has 0 fully saturated rings. The summed E-state index contributed by atoms with van der Waals surface area (Å²) >= 11 is 0. The van der Waals surface area contributed by atoms with E-state index in [9.17, 15) is 48.7 Å². The average molecular weight is 322 g/mol. The van der Waals surface area contributed by atoms with Gasteiger partial charge in [0.05, 0.1) is 0 Å². The van der Waals surface area contributed by atoms with Gasteiger partial charge in [-0.25, -0.2) is 4.79 Å². The Labute approximate surface area is 104 Å². The predicted octanol–water partition coefficient (Wildman–Crippen LogP) is 3.48. The highest BCUT2D eigenvalue weighted by molar-refractivity contribution is 5.85. The van der Waals surface area contributed by atoms with E-state index in [4.69, 9.17) is 0 Å². The highest BCUT2D eigenvalue weighted by Gasteiger charge is 2.81. The van der Waals surface area contributed by atoms with Gasteiger partial charge in [-0.15, -0.1) is 0 Å². The van der Waals surface area contributed by atoms with Crippen LogP contribution in [-0.4, -0.2) is 36.5 Å². The van der Waals surface area contributed by atoms with Crippen molar-refractivity contribution in [2.45, 2.75) is 23.9 Å². The van der Waals surface area contributed by atoms with Gasteiger partial charge < -0.3 is 4.74 Å². The molecule has 0 amide bonds. The molecule has 20 heavy (non-hydrogen) atoms. The molecule has 0 aliphatic heterocycles. The monoisotopic (exact) mass is 322 g/mol. The molecule has 0 saturated carbocycles. The van der Waals surface area contributed by atoms with Crippen LogP contribution in [0.1, 0.15) is 0 Å². The van der Waals surface area contributed by atoms with Gasteiger partial charge in [-0.05, 0) is 0 Å². The average Bonchev–Trinajstić information content (AvgIpc) is 2.23. The first-order valence-corrected chi connectivity index (χ1v) is 4.29. The summed E-state index contributed by atoms with van der Waals surface area (Å²) in [6.45, 7) is -0.691. The molecule has 0 aliphatic rings. The van der Waals surface area contributed by atoms with E-state index in [1.807, 2.05) is 0 Å². The summed E-state index contributed by atoms with van der Waals surface area (Å²) < 4.78 is 125. The smallest absolute Gasteiger partial charge is 0.454 e. The Bertz CT molecular complexity index is 397. The minimum atomic E-state index is -7.09. The summed E-state index contributed by atoms with van der Waals surface area (Å²) in [5, 5.41) is 0. The topological polar surface area (TPSA) is 26.3 Å². The Morgan fingerprint density at radius 2 is 1.30 bits per heavy atom. The van der Waals surface area contributed by atoms with E-state index in [1.165, 1.54) is 0 Å². The highest BCUT2D eigenvalue weighted by Crippen LogP contribution is 2.53. The van der Waals surface area contributed by atoms with Gasteiger partial charge in [0.15, 0.2) is 6.61 Å². The zero-order valence-electron chi connectivity index (χ0n) is 9.01. The van der Waals surface area contributed by atoms with Gasteiger partial charge in [-0.3, -0.25) is 0 Å². The first kappa shape index (κ1) is 18.5. The number of carbonyl (C=O) groups excluding carboxylic acids is 1. The molecule has 0 aromatic carbocycles.